The summed E-state index contributed by atoms with van der Waals surface area (Å²) >= 11 is 14.3. The smallest absolute Gasteiger partial charge is 0.0509 e. The first-order valence-electron chi connectivity index (χ1n) is 5.96. The number of alkyl halides is 1. The lowest BCUT2D eigenvalue weighted by molar-refractivity contribution is 0.726. The summed E-state index contributed by atoms with van der Waals surface area (Å²) in [7, 11) is 0. The van der Waals surface area contributed by atoms with Crippen molar-refractivity contribution >= 4 is 40.7 Å². The summed E-state index contributed by atoms with van der Waals surface area (Å²) in [6.45, 7) is 4.44. The van der Waals surface area contributed by atoms with E-state index in [1.165, 1.54) is 17.9 Å². The van der Waals surface area contributed by atoms with Crippen molar-refractivity contribution in [1.82, 2.24) is 0 Å². The number of thioether (sulfide) groups is 1. The van der Waals surface area contributed by atoms with Gasteiger partial charge in [0.1, 0.15) is 0 Å². The lowest BCUT2D eigenvalue weighted by Gasteiger charge is -2.35. The third-order valence-electron chi connectivity index (χ3n) is 3.16. The Balaban J connectivity index is 2.24. The molecule has 0 amide bonds. The highest BCUT2D eigenvalue weighted by atomic mass is 35.5. The minimum atomic E-state index is 0.482. The molecule has 1 atom stereocenters. The molecule has 0 bridgehead atoms. The predicted octanol–water partition coefficient (Wildman–Crippen LogP) is 4.41. The molecule has 1 heterocycles. The fraction of sp³-hybridized carbons (Fsp3) is 0.538. The molecule has 1 fully saturated rings. The van der Waals surface area contributed by atoms with Crippen molar-refractivity contribution in [3.8, 4) is 0 Å². The number of benzene rings is 1. The van der Waals surface area contributed by atoms with Crippen molar-refractivity contribution in [2.75, 3.05) is 23.7 Å². The average molecular weight is 290 g/mol. The molecule has 1 saturated heterocycles. The highest BCUT2D eigenvalue weighted by molar-refractivity contribution is 8.00. The van der Waals surface area contributed by atoms with Crippen LogP contribution >= 0.6 is 35.0 Å². The van der Waals surface area contributed by atoms with E-state index in [0.717, 1.165) is 28.9 Å². The van der Waals surface area contributed by atoms with Crippen molar-refractivity contribution in [1.29, 1.82) is 0 Å². The molecule has 1 unspecified atom stereocenters. The van der Waals surface area contributed by atoms with Gasteiger partial charge in [0.05, 0.1) is 5.88 Å². The second kappa shape index (κ2) is 6.21. The molecule has 1 nitrogen and oxygen atoms in total. The van der Waals surface area contributed by atoms with Gasteiger partial charge in [-0.15, -0.1) is 11.6 Å². The van der Waals surface area contributed by atoms with E-state index in [-0.39, 0.29) is 0 Å². The molecular weight excluding hydrogens is 273 g/mol. The van der Waals surface area contributed by atoms with Gasteiger partial charge in [0, 0.05) is 40.4 Å². The Morgan fingerprint density at radius 3 is 3.00 bits per heavy atom. The van der Waals surface area contributed by atoms with E-state index in [9.17, 15) is 0 Å². The van der Waals surface area contributed by atoms with Crippen LogP contribution in [0.1, 0.15) is 18.9 Å². The van der Waals surface area contributed by atoms with E-state index in [0.29, 0.717) is 5.88 Å². The van der Waals surface area contributed by atoms with Crippen LogP contribution in [0.3, 0.4) is 0 Å². The number of nitrogens with zero attached hydrogens (tertiary/aromatic N) is 1. The maximum Gasteiger partial charge on any atom is 0.0509 e. The van der Waals surface area contributed by atoms with Crippen LogP contribution in [0.25, 0.3) is 0 Å². The fourth-order valence-electron chi connectivity index (χ4n) is 2.16. The van der Waals surface area contributed by atoms with E-state index in [4.69, 9.17) is 23.2 Å². The first-order valence-corrected chi connectivity index (χ1v) is 7.92. The zero-order chi connectivity index (χ0) is 12.3. The monoisotopic (exact) mass is 289 g/mol. The van der Waals surface area contributed by atoms with Gasteiger partial charge < -0.3 is 4.90 Å². The molecule has 1 aromatic rings. The Labute approximate surface area is 117 Å². The molecule has 1 aliphatic rings. The van der Waals surface area contributed by atoms with E-state index >= 15 is 0 Å². The third kappa shape index (κ3) is 3.04. The summed E-state index contributed by atoms with van der Waals surface area (Å²) in [5, 5.41) is 1.51. The fourth-order valence-corrected chi connectivity index (χ4v) is 3.93. The van der Waals surface area contributed by atoms with E-state index in [1.807, 2.05) is 12.1 Å². The maximum atomic E-state index is 6.20. The van der Waals surface area contributed by atoms with Crippen LogP contribution in [-0.2, 0) is 5.88 Å². The third-order valence-corrected chi connectivity index (χ3v) is 5.16. The molecule has 17 heavy (non-hydrogen) atoms. The van der Waals surface area contributed by atoms with Crippen LogP contribution in [0.5, 0.6) is 0 Å². The molecule has 0 aliphatic carbocycles. The number of hydrogen-bond donors (Lipinski definition) is 0. The van der Waals surface area contributed by atoms with Gasteiger partial charge in [-0.3, -0.25) is 0 Å². The Hall–Kier alpha value is -0.0500. The van der Waals surface area contributed by atoms with Crippen LogP contribution in [0.2, 0.25) is 5.02 Å². The summed E-state index contributed by atoms with van der Waals surface area (Å²) in [5.41, 5.74) is 2.28. The van der Waals surface area contributed by atoms with Gasteiger partial charge in [0.2, 0.25) is 0 Å². The van der Waals surface area contributed by atoms with Crippen molar-refractivity contribution in [3.63, 3.8) is 0 Å². The van der Waals surface area contributed by atoms with Gasteiger partial charge in [-0.25, -0.2) is 0 Å². The molecule has 1 aliphatic heterocycles. The molecule has 0 saturated carbocycles. The molecule has 4 heteroatoms. The van der Waals surface area contributed by atoms with E-state index in [1.54, 1.807) is 0 Å². The van der Waals surface area contributed by atoms with E-state index < -0.39 is 0 Å². The van der Waals surface area contributed by atoms with Crippen molar-refractivity contribution in [2.24, 2.45) is 0 Å². The van der Waals surface area contributed by atoms with Gasteiger partial charge in [0.25, 0.3) is 0 Å². The molecule has 1 aromatic carbocycles. The van der Waals surface area contributed by atoms with Gasteiger partial charge >= 0.3 is 0 Å². The lowest BCUT2D eigenvalue weighted by atomic mass is 10.1. The average Bonchev–Trinajstić information content (AvgIpc) is 2.38. The maximum absolute atomic E-state index is 6.20. The standard InChI is InChI=1S/C13H17Cl2NS/c1-2-10-9-16(6-7-17-10)13-5-3-4-12(15)11(13)8-14/h3-5,10H,2,6-9H2,1H3. The molecule has 0 spiro atoms. The topological polar surface area (TPSA) is 3.24 Å². The SMILES string of the molecule is CCC1CN(c2cccc(Cl)c2CCl)CCS1. The summed E-state index contributed by atoms with van der Waals surface area (Å²) in [4.78, 5) is 2.42. The summed E-state index contributed by atoms with van der Waals surface area (Å²) < 4.78 is 0. The Bertz CT molecular complexity index is 384. The number of anilines is 1. The van der Waals surface area contributed by atoms with Gasteiger partial charge in [-0.05, 0) is 18.6 Å². The number of hydrogen-bond acceptors (Lipinski definition) is 2. The molecule has 2 rings (SSSR count). The molecular formula is C13H17Cl2NS. The quantitative estimate of drug-likeness (QED) is 0.759. The molecule has 94 valence electrons. The first kappa shape index (κ1) is 13.4. The second-order valence-corrected chi connectivity index (χ2v) is 6.30. The first-order chi connectivity index (χ1) is 8.26. The highest BCUT2D eigenvalue weighted by Gasteiger charge is 2.21. The predicted molar refractivity (Wildman–Crippen MR) is 79.8 cm³/mol. The Morgan fingerprint density at radius 1 is 1.47 bits per heavy atom. The molecule has 0 N–H and O–H groups in total. The lowest BCUT2D eigenvalue weighted by Crippen LogP contribution is -2.38. The van der Waals surface area contributed by atoms with Crippen LogP contribution in [0.4, 0.5) is 5.69 Å². The van der Waals surface area contributed by atoms with Crippen LogP contribution < -0.4 is 4.90 Å². The summed E-state index contributed by atoms with van der Waals surface area (Å²) in [5.74, 6) is 1.67. The van der Waals surface area contributed by atoms with Gasteiger partial charge in [-0.2, -0.15) is 11.8 Å². The van der Waals surface area contributed by atoms with Crippen LogP contribution in [0, 0.1) is 0 Å². The Morgan fingerprint density at radius 2 is 2.29 bits per heavy atom. The minimum absolute atomic E-state index is 0.482. The number of halogens is 2. The molecule has 0 radical (unpaired) electrons. The zero-order valence-electron chi connectivity index (χ0n) is 9.96. The summed E-state index contributed by atoms with van der Waals surface area (Å²) in [6, 6.07) is 6.06. The van der Waals surface area contributed by atoms with Crippen LogP contribution in [-0.4, -0.2) is 24.1 Å². The largest absolute Gasteiger partial charge is 0.369 e. The zero-order valence-corrected chi connectivity index (χ0v) is 12.3. The normalized spacial score (nSPS) is 20.6. The van der Waals surface area contributed by atoms with E-state index in [2.05, 4.69) is 29.7 Å². The summed E-state index contributed by atoms with van der Waals surface area (Å²) in [6.07, 6.45) is 1.22. The van der Waals surface area contributed by atoms with Crippen molar-refractivity contribution < 1.29 is 0 Å². The minimum Gasteiger partial charge on any atom is -0.369 e. The van der Waals surface area contributed by atoms with Crippen LogP contribution in [0.15, 0.2) is 18.2 Å². The second-order valence-electron chi connectivity index (χ2n) is 4.22. The van der Waals surface area contributed by atoms with Gasteiger partial charge in [-0.1, -0.05) is 24.6 Å². The Kier molecular flexibility index (Phi) is 4.89. The van der Waals surface area contributed by atoms with Gasteiger partial charge in [0.15, 0.2) is 0 Å². The van der Waals surface area contributed by atoms with Crippen molar-refractivity contribution in [3.05, 3.63) is 28.8 Å². The number of rotatable bonds is 3. The molecule has 0 aromatic heterocycles. The van der Waals surface area contributed by atoms with Crippen molar-refractivity contribution in [2.45, 2.75) is 24.5 Å². The highest BCUT2D eigenvalue weighted by Crippen LogP contribution is 2.32.